The van der Waals surface area contributed by atoms with E-state index >= 15 is 0 Å². The summed E-state index contributed by atoms with van der Waals surface area (Å²) in [6, 6.07) is 12.4. The van der Waals surface area contributed by atoms with Gasteiger partial charge in [-0.15, -0.1) is 0 Å². The number of fused-ring (bicyclic) bond motifs is 1. The molecule has 0 spiro atoms. The van der Waals surface area contributed by atoms with Crippen LogP contribution in [-0.2, 0) is 11.0 Å². The maximum atomic E-state index is 13.4. The fourth-order valence-electron chi connectivity index (χ4n) is 4.16. The molecule has 1 saturated heterocycles. The molecule has 3 aromatic rings. The Morgan fingerprint density at radius 1 is 1.06 bits per heavy atom. The first kappa shape index (κ1) is 24.5. The predicted octanol–water partition coefficient (Wildman–Crippen LogP) is 4.66. The van der Waals surface area contributed by atoms with Gasteiger partial charge in [-0.05, 0) is 56.3 Å². The smallest absolute Gasteiger partial charge is 0.383 e. The van der Waals surface area contributed by atoms with Gasteiger partial charge in [0.15, 0.2) is 0 Å². The third-order valence-corrected chi connectivity index (χ3v) is 6.05. The highest BCUT2D eigenvalue weighted by atomic mass is 19.4. The minimum atomic E-state index is -4.83. The van der Waals surface area contributed by atoms with Crippen molar-refractivity contribution in [1.82, 2.24) is 9.88 Å². The molecule has 1 aliphatic rings. The van der Waals surface area contributed by atoms with E-state index in [4.69, 9.17) is 5.26 Å². The van der Waals surface area contributed by atoms with Crippen LogP contribution in [0.3, 0.4) is 0 Å². The first-order valence-corrected chi connectivity index (χ1v) is 10.8. The summed E-state index contributed by atoms with van der Waals surface area (Å²) in [4.78, 5) is 32.5. The molecule has 182 valence electrons. The molecule has 1 aliphatic heterocycles. The summed E-state index contributed by atoms with van der Waals surface area (Å²) < 4.78 is 40.3. The van der Waals surface area contributed by atoms with Crippen LogP contribution in [0.4, 0.5) is 29.3 Å². The number of aromatic nitrogens is 1. The van der Waals surface area contributed by atoms with E-state index in [0.29, 0.717) is 33.1 Å². The monoisotopic (exact) mass is 492 g/mol. The average molecular weight is 492 g/mol. The summed E-state index contributed by atoms with van der Waals surface area (Å²) in [6.45, 7) is 3.32. The van der Waals surface area contributed by atoms with E-state index in [1.807, 2.05) is 0 Å². The molecule has 2 heterocycles. The van der Waals surface area contributed by atoms with Crippen LogP contribution in [-0.4, -0.2) is 40.5 Å². The normalized spacial score (nSPS) is 15.2. The van der Waals surface area contributed by atoms with Crippen molar-refractivity contribution >= 4 is 34.2 Å². The van der Waals surface area contributed by atoms with Crippen LogP contribution < -0.4 is 10.2 Å². The van der Waals surface area contributed by atoms with E-state index in [1.54, 1.807) is 30.5 Å². The molecule has 0 atom stereocenters. The number of amides is 3. The van der Waals surface area contributed by atoms with Crippen LogP contribution in [0, 0.1) is 22.7 Å². The van der Waals surface area contributed by atoms with Gasteiger partial charge in [-0.2, -0.15) is 23.7 Å². The van der Waals surface area contributed by atoms with Crippen molar-refractivity contribution < 1.29 is 22.8 Å². The number of nitriles is 2. The Labute approximate surface area is 204 Å². The van der Waals surface area contributed by atoms with Crippen molar-refractivity contribution in [3.63, 3.8) is 0 Å². The second-order valence-corrected chi connectivity index (χ2v) is 8.57. The number of hydrogen-bond donors (Lipinski definition) is 1. The van der Waals surface area contributed by atoms with E-state index in [-0.39, 0.29) is 18.8 Å². The Bertz CT molecular complexity index is 1470. The first-order chi connectivity index (χ1) is 17.0. The molecular formula is C25H19F3N6O2. The molecule has 36 heavy (non-hydrogen) atoms. The lowest BCUT2D eigenvalue weighted by Gasteiger charge is -2.28. The van der Waals surface area contributed by atoms with Gasteiger partial charge in [-0.1, -0.05) is 0 Å². The molecule has 0 radical (unpaired) electrons. The van der Waals surface area contributed by atoms with Crippen molar-refractivity contribution in [2.45, 2.75) is 25.6 Å². The SMILES string of the molecule is CC1(C)C(=O)N(c2ccc(C#N)c(C(F)(F)F)c2)C(=O)N1CCNc1ccc(C#N)c2ncccc12. The third-order valence-electron chi connectivity index (χ3n) is 6.05. The summed E-state index contributed by atoms with van der Waals surface area (Å²) in [7, 11) is 0. The minimum absolute atomic E-state index is 0.0677. The topological polar surface area (TPSA) is 113 Å². The van der Waals surface area contributed by atoms with Crippen LogP contribution in [0.1, 0.15) is 30.5 Å². The lowest BCUT2D eigenvalue weighted by Crippen LogP contribution is -2.46. The highest BCUT2D eigenvalue weighted by Crippen LogP contribution is 2.37. The first-order valence-electron chi connectivity index (χ1n) is 10.8. The summed E-state index contributed by atoms with van der Waals surface area (Å²) in [5.41, 5.74) is -1.80. The Morgan fingerprint density at radius 3 is 2.42 bits per heavy atom. The number of nitrogens with zero attached hydrogens (tertiary/aromatic N) is 5. The zero-order chi connectivity index (χ0) is 26.3. The molecule has 1 aromatic heterocycles. The molecule has 0 aliphatic carbocycles. The summed E-state index contributed by atoms with van der Waals surface area (Å²) in [5.74, 6) is -0.682. The number of halogens is 3. The van der Waals surface area contributed by atoms with Crippen LogP contribution >= 0.6 is 0 Å². The van der Waals surface area contributed by atoms with Crippen molar-refractivity contribution in [2.75, 3.05) is 23.3 Å². The van der Waals surface area contributed by atoms with Crippen LogP contribution in [0.2, 0.25) is 0 Å². The number of hydrogen-bond acceptors (Lipinski definition) is 6. The fraction of sp³-hybridized carbons (Fsp3) is 0.240. The van der Waals surface area contributed by atoms with E-state index in [1.165, 1.54) is 24.8 Å². The lowest BCUT2D eigenvalue weighted by molar-refractivity contribution is -0.137. The number of pyridine rings is 1. The number of anilines is 2. The van der Waals surface area contributed by atoms with Gasteiger partial charge >= 0.3 is 12.2 Å². The Hall–Kier alpha value is -4.64. The van der Waals surface area contributed by atoms with Gasteiger partial charge in [0.1, 0.15) is 11.6 Å². The van der Waals surface area contributed by atoms with Gasteiger partial charge in [0, 0.05) is 30.4 Å². The van der Waals surface area contributed by atoms with E-state index in [2.05, 4.69) is 16.4 Å². The summed E-state index contributed by atoms with van der Waals surface area (Å²) >= 11 is 0. The van der Waals surface area contributed by atoms with Gasteiger partial charge in [0.05, 0.1) is 34.0 Å². The number of imide groups is 1. The maximum absolute atomic E-state index is 13.4. The molecule has 11 heteroatoms. The molecule has 0 unspecified atom stereocenters. The number of alkyl halides is 3. The maximum Gasteiger partial charge on any atom is 0.417 e. The predicted molar refractivity (Wildman–Crippen MR) is 125 cm³/mol. The van der Waals surface area contributed by atoms with Gasteiger partial charge in [-0.25, -0.2) is 9.69 Å². The quantitative estimate of drug-likeness (QED) is 0.519. The molecule has 8 nitrogen and oxygen atoms in total. The van der Waals surface area contributed by atoms with Crippen molar-refractivity contribution in [1.29, 1.82) is 10.5 Å². The molecule has 0 saturated carbocycles. The second kappa shape index (κ2) is 8.86. The molecular weight excluding hydrogens is 473 g/mol. The standard InChI is InChI=1S/C25H19F3N6O2/c1-24(2)22(35)34(17-7-5-15(13-29)19(12-17)25(26,27)28)23(36)33(24)11-10-31-20-8-6-16(14-30)21-18(20)4-3-9-32-21/h3-9,12,31H,10-11H2,1-2H3. The van der Waals surface area contributed by atoms with E-state index in [0.717, 1.165) is 12.1 Å². The summed E-state index contributed by atoms with van der Waals surface area (Å²) in [6.07, 6.45) is -3.25. The molecule has 2 aromatic carbocycles. The fourth-order valence-corrected chi connectivity index (χ4v) is 4.16. The molecule has 3 amide bonds. The number of rotatable bonds is 5. The van der Waals surface area contributed by atoms with Crippen LogP contribution in [0.5, 0.6) is 0 Å². The van der Waals surface area contributed by atoms with Gasteiger partial charge < -0.3 is 10.2 Å². The van der Waals surface area contributed by atoms with Gasteiger partial charge in [0.25, 0.3) is 5.91 Å². The Morgan fingerprint density at radius 2 is 1.75 bits per heavy atom. The zero-order valence-corrected chi connectivity index (χ0v) is 19.2. The number of nitrogens with one attached hydrogen (secondary N) is 1. The molecule has 1 N–H and O–H groups in total. The van der Waals surface area contributed by atoms with Crippen molar-refractivity contribution in [3.05, 3.63) is 65.4 Å². The van der Waals surface area contributed by atoms with E-state index < -0.39 is 34.8 Å². The van der Waals surface area contributed by atoms with E-state index in [9.17, 15) is 28.0 Å². The van der Waals surface area contributed by atoms with Crippen LogP contribution in [0.15, 0.2) is 48.7 Å². The number of benzene rings is 2. The average Bonchev–Trinajstić information content (AvgIpc) is 3.02. The number of urea groups is 1. The third kappa shape index (κ3) is 4.05. The lowest BCUT2D eigenvalue weighted by atomic mass is 10.0. The summed E-state index contributed by atoms with van der Waals surface area (Å²) in [5, 5.41) is 22.2. The number of carbonyl (C=O) groups excluding carboxylic acids is 2. The van der Waals surface area contributed by atoms with Crippen molar-refractivity contribution in [3.8, 4) is 12.1 Å². The van der Waals surface area contributed by atoms with Gasteiger partial charge in [-0.3, -0.25) is 9.78 Å². The Balaban J connectivity index is 1.58. The van der Waals surface area contributed by atoms with Crippen molar-refractivity contribution in [2.24, 2.45) is 0 Å². The molecule has 4 rings (SSSR count). The van der Waals surface area contributed by atoms with Crippen LogP contribution in [0.25, 0.3) is 10.9 Å². The second-order valence-electron chi connectivity index (χ2n) is 8.57. The molecule has 0 bridgehead atoms. The number of carbonyl (C=O) groups is 2. The highest BCUT2D eigenvalue weighted by Gasteiger charge is 2.52. The minimum Gasteiger partial charge on any atom is -0.383 e. The largest absolute Gasteiger partial charge is 0.417 e. The zero-order valence-electron chi connectivity index (χ0n) is 19.2. The Kier molecular flexibility index (Phi) is 6.02. The molecule has 1 fully saturated rings. The highest BCUT2D eigenvalue weighted by molar-refractivity contribution is 6.23. The van der Waals surface area contributed by atoms with Gasteiger partial charge in [0.2, 0.25) is 0 Å².